The smallest absolute Gasteiger partial charge is 0.225 e. The third-order valence-corrected chi connectivity index (χ3v) is 6.35. The van der Waals surface area contributed by atoms with Gasteiger partial charge < -0.3 is 15.0 Å². The SMILES string of the molecule is C[C@@](C#N)(NC(=O)[C@@H](CC(=O)N1CCOCC1)CC1CCCCC1)c1ccncc1. The van der Waals surface area contributed by atoms with E-state index < -0.39 is 11.5 Å². The summed E-state index contributed by atoms with van der Waals surface area (Å²) in [7, 11) is 0. The van der Waals surface area contributed by atoms with Gasteiger partial charge in [-0.1, -0.05) is 32.1 Å². The van der Waals surface area contributed by atoms with Crippen LogP contribution in [0.25, 0.3) is 0 Å². The second kappa shape index (κ2) is 10.5. The van der Waals surface area contributed by atoms with Gasteiger partial charge in [-0.05, 0) is 37.0 Å². The minimum absolute atomic E-state index is 0.00293. The number of morpholine rings is 1. The molecular formula is C23H32N4O3. The van der Waals surface area contributed by atoms with Gasteiger partial charge >= 0.3 is 0 Å². The van der Waals surface area contributed by atoms with E-state index >= 15 is 0 Å². The van der Waals surface area contributed by atoms with Crippen LogP contribution >= 0.6 is 0 Å². The van der Waals surface area contributed by atoms with E-state index in [9.17, 15) is 14.9 Å². The van der Waals surface area contributed by atoms with E-state index in [0.717, 1.165) is 12.8 Å². The molecule has 0 bridgehead atoms. The lowest BCUT2D eigenvalue weighted by Crippen LogP contribution is -2.47. The average molecular weight is 413 g/mol. The fourth-order valence-electron chi connectivity index (χ4n) is 4.46. The maximum atomic E-state index is 13.3. The summed E-state index contributed by atoms with van der Waals surface area (Å²) in [5.74, 6) is -0.195. The van der Waals surface area contributed by atoms with Crippen LogP contribution in [-0.4, -0.2) is 48.0 Å². The molecule has 7 nitrogen and oxygen atoms in total. The number of nitrogens with zero attached hydrogens (tertiary/aromatic N) is 3. The van der Waals surface area contributed by atoms with E-state index in [1.165, 1.54) is 19.3 Å². The molecule has 162 valence electrons. The Labute approximate surface area is 178 Å². The number of aromatic nitrogens is 1. The second-order valence-electron chi connectivity index (χ2n) is 8.60. The summed E-state index contributed by atoms with van der Waals surface area (Å²) in [6.07, 6.45) is 9.92. The summed E-state index contributed by atoms with van der Waals surface area (Å²) in [6.45, 7) is 3.92. The summed E-state index contributed by atoms with van der Waals surface area (Å²) < 4.78 is 5.34. The number of pyridine rings is 1. The lowest BCUT2D eigenvalue weighted by molar-refractivity contribution is -0.140. The summed E-state index contributed by atoms with van der Waals surface area (Å²) in [5, 5.41) is 12.7. The number of carbonyl (C=O) groups excluding carboxylic acids is 2. The Hall–Kier alpha value is -2.46. The van der Waals surface area contributed by atoms with Crippen LogP contribution in [-0.2, 0) is 19.9 Å². The molecule has 2 aliphatic rings. The summed E-state index contributed by atoms with van der Waals surface area (Å²) in [5.41, 5.74) is -0.475. The van der Waals surface area contributed by atoms with E-state index in [4.69, 9.17) is 4.74 Å². The largest absolute Gasteiger partial charge is 0.378 e. The van der Waals surface area contributed by atoms with Crippen molar-refractivity contribution in [2.45, 2.75) is 57.4 Å². The molecule has 1 aromatic heterocycles. The standard InChI is InChI=1S/C23H32N4O3/c1-23(17-24,20-7-9-25-10-8-20)26-22(29)19(15-18-5-3-2-4-6-18)16-21(28)27-11-13-30-14-12-27/h7-10,18-19H,2-6,11-16H2,1H3,(H,26,29)/t19-,23+/m1/s1. The molecule has 2 fully saturated rings. The third-order valence-electron chi connectivity index (χ3n) is 6.35. The van der Waals surface area contributed by atoms with Gasteiger partial charge in [0.05, 0.1) is 19.3 Å². The highest BCUT2D eigenvalue weighted by Crippen LogP contribution is 2.31. The van der Waals surface area contributed by atoms with E-state index in [-0.39, 0.29) is 18.2 Å². The van der Waals surface area contributed by atoms with E-state index in [2.05, 4.69) is 16.4 Å². The predicted molar refractivity (Wildman–Crippen MR) is 112 cm³/mol. The molecule has 1 aliphatic heterocycles. The van der Waals surface area contributed by atoms with Gasteiger partial charge in [-0.3, -0.25) is 14.6 Å². The molecule has 0 spiro atoms. The first-order valence-electron chi connectivity index (χ1n) is 11.0. The highest BCUT2D eigenvalue weighted by Gasteiger charge is 2.34. The first kappa shape index (κ1) is 22.2. The maximum absolute atomic E-state index is 13.3. The highest BCUT2D eigenvalue weighted by molar-refractivity contribution is 5.86. The molecule has 0 radical (unpaired) electrons. The van der Waals surface area contributed by atoms with Crippen molar-refractivity contribution in [2.75, 3.05) is 26.3 Å². The number of hydrogen-bond donors (Lipinski definition) is 1. The minimum Gasteiger partial charge on any atom is -0.378 e. The number of carbonyl (C=O) groups is 2. The molecule has 0 unspecified atom stereocenters. The fraction of sp³-hybridized carbons (Fsp3) is 0.652. The molecule has 2 atom stereocenters. The molecule has 7 heteroatoms. The second-order valence-corrected chi connectivity index (χ2v) is 8.60. The van der Waals surface area contributed by atoms with Gasteiger partial charge in [0.25, 0.3) is 0 Å². The normalized spacial score (nSPS) is 20.6. The van der Waals surface area contributed by atoms with Crippen molar-refractivity contribution < 1.29 is 14.3 Å². The van der Waals surface area contributed by atoms with Gasteiger partial charge in [0.15, 0.2) is 0 Å². The predicted octanol–water partition coefficient (Wildman–Crippen LogP) is 2.77. The van der Waals surface area contributed by atoms with Crippen LogP contribution in [0.5, 0.6) is 0 Å². The van der Waals surface area contributed by atoms with Crippen molar-refractivity contribution in [3.8, 4) is 6.07 Å². The number of nitriles is 1. The van der Waals surface area contributed by atoms with Crippen molar-refractivity contribution in [1.82, 2.24) is 15.2 Å². The quantitative estimate of drug-likeness (QED) is 0.743. The Morgan fingerprint density at radius 3 is 2.57 bits per heavy atom. The number of hydrogen-bond acceptors (Lipinski definition) is 5. The molecule has 1 N–H and O–H groups in total. The van der Waals surface area contributed by atoms with Crippen molar-refractivity contribution in [3.05, 3.63) is 30.1 Å². The molecular weight excluding hydrogens is 380 g/mol. The van der Waals surface area contributed by atoms with Crippen molar-refractivity contribution in [1.29, 1.82) is 5.26 Å². The lowest BCUT2D eigenvalue weighted by Gasteiger charge is -2.32. The molecule has 30 heavy (non-hydrogen) atoms. The molecule has 3 rings (SSSR count). The molecule has 2 amide bonds. The number of ether oxygens (including phenoxy) is 1. The zero-order valence-electron chi connectivity index (χ0n) is 17.8. The molecule has 1 aromatic rings. The zero-order valence-corrected chi connectivity index (χ0v) is 17.8. The Morgan fingerprint density at radius 2 is 1.93 bits per heavy atom. The van der Waals surface area contributed by atoms with Crippen LogP contribution < -0.4 is 5.32 Å². The fourth-order valence-corrected chi connectivity index (χ4v) is 4.46. The van der Waals surface area contributed by atoms with Gasteiger partial charge in [-0.15, -0.1) is 0 Å². The van der Waals surface area contributed by atoms with Gasteiger partial charge in [0.2, 0.25) is 11.8 Å². The molecule has 1 saturated carbocycles. The number of amides is 2. The topological polar surface area (TPSA) is 95.3 Å². The Balaban J connectivity index is 1.72. The van der Waals surface area contributed by atoms with E-state index in [1.807, 2.05) is 0 Å². The Bertz CT molecular complexity index is 751. The molecule has 0 aromatic carbocycles. The van der Waals surface area contributed by atoms with E-state index in [0.29, 0.717) is 44.2 Å². The highest BCUT2D eigenvalue weighted by atomic mass is 16.5. The summed E-state index contributed by atoms with van der Waals surface area (Å²) >= 11 is 0. The van der Waals surface area contributed by atoms with Crippen LogP contribution in [0.1, 0.15) is 57.4 Å². The van der Waals surface area contributed by atoms with Gasteiger partial charge in [-0.2, -0.15) is 5.26 Å². The van der Waals surface area contributed by atoms with E-state index in [1.54, 1.807) is 36.4 Å². The molecule has 2 heterocycles. The van der Waals surface area contributed by atoms with Crippen LogP contribution in [0.15, 0.2) is 24.5 Å². The molecule has 1 saturated heterocycles. The maximum Gasteiger partial charge on any atom is 0.225 e. The van der Waals surface area contributed by atoms with Crippen molar-refractivity contribution in [2.24, 2.45) is 11.8 Å². The molecule has 1 aliphatic carbocycles. The van der Waals surface area contributed by atoms with Crippen LogP contribution in [0.3, 0.4) is 0 Å². The van der Waals surface area contributed by atoms with Crippen LogP contribution in [0, 0.1) is 23.2 Å². The number of rotatable bonds is 7. The van der Waals surface area contributed by atoms with Crippen molar-refractivity contribution in [3.63, 3.8) is 0 Å². The summed E-state index contributed by atoms with van der Waals surface area (Å²) in [6, 6.07) is 5.70. The Morgan fingerprint density at radius 1 is 1.27 bits per heavy atom. The third kappa shape index (κ3) is 5.79. The van der Waals surface area contributed by atoms with Gasteiger partial charge in [-0.25, -0.2) is 0 Å². The minimum atomic E-state index is -1.16. The van der Waals surface area contributed by atoms with Crippen LogP contribution in [0.2, 0.25) is 0 Å². The average Bonchev–Trinajstić information content (AvgIpc) is 2.80. The number of nitrogens with one attached hydrogen (secondary N) is 1. The lowest BCUT2D eigenvalue weighted by atomic mass is 9.81. The Kier molecular flexibility index (Phi) is 7.81. The monoisotopic (exact) mass is 412 g/mol. The van der Waals surface area contributed by atoms with Gasteiger partial charge in [0.1, 0.15) is 5.54 Å². The van der Waals surface area contributed by atoms with Crippen molar-refractivity contribution >= 4 is 11.8 Å². The van der Waals surface area contributed by atoms with Gasteiger partial charge in [0, 0.05) is 37.8 Å². The zero-order chi connectivity index (χ0) is 21.4. The first-order chi connectivity index (χ1) is 14.5. The first-order valence-corrected chi connectivity index (χ1v) is 11.0. The van der Waals surface area contributed by atoms with Crippen LogP contribution in [0.4, 0.5) is 0 Å². The summed E-state index contributed by atoms with van der Waals surface area (Å²) in [4.78, 5) is 32.0.